The van der Waals surface area contributed by atoms with Crippen molar-refractivity contribution in [2.24, 2.45) is 0 Å². The molecule has 0 aliphatic carbocycles. The molecule has 0 atom stereocenters. The van der Waals surface area contributed by atoms with Crippen LogP contribution in [0.4, 0.5) is 0 Å². The van der Waals surface area contributed by atoms with E-state index in [1.165, 1.54) is 19.3 Å². The van der Waals surface area contributed by atoms with Gasteiger partial charge in [0.05, 0.1) is 12.2 Å². The maximum absolute atomic E-state index is 12.4. The van der Waals surface area contributed by atoms with Crippen molar-refractivity contribution in [2.45, 2.75) is 58.9 Å². The number of nitrogens with zero attached hydrogens (tertiary/aromatic N) is 2. The molecule has 0 fully saturated rings. The molecule has 0 spiro atoms. The molecule has 1 heterocycles. The number of hydrogen-bond donors (Lipinski definition) is 0. The summed E-state index contributed by atoms with van der Waals surface area (Å²) in [7, 11) is 0. The van der Waals surface area contributed by atoms with Crippen LogP contribution in [0.1, 0.15) is 58.9 Å². The fourth-order valence-corrected chi connectivity index (χ4v) is 2.53. The molecule has 0 unspecified atom stereocenters. The molecular weight excluding hydrogens is 324 g/mol. The Morgan fingerprint density at radius 3 is 2.46 bits per heavy atom. The van der Waals surface area contributed by atoms with Gasteiger partial charge in [-0.1, -0.05) is 32.3 Å². The minimum absolute atomic E-state index is 0.492. The lowest BCUT2D eigenvalue weighted by Crippen LogP contribution is -2.30. The second-order valence-corrected chi connectivity index (χ2v) is 7.54. The summed E-state index contributed by atoms with van der Waals surface area (Å²) in [6.45, 7) is 8.57. The molecule has 0 aliphatic heterocycles. The van der Waals surface area contributed by atoms with Crippen LogP contribution in [0.2, 0.25) is 0 Å². The Balaban J connectivity index is 2.28. The minimum Gasteiger partial charge on any atom is -0.623 e. The number of rotatable bonds is 8. The lowest BCUT2D eigenvalue weighted by atomic mass is 10.1. The van der Waals surface area contributed by atoms with Crippen molar-refractivity contribution in [3.8, 4) is 11.4 Å². The normalized spacial score (nSPS) is 12.2. The zero-order chi connectivity index (χ0) is 19.0. The van der Waals surface area contributed by atoms with E-state index in [0.29, 0.717) is 6.61 Å². The Bertz CT molecular complexity index is 719. The van der Waals surface area contributed by atoms with Crippen LogP contribution in [0.5, 0.6) is 5.75 Å². The third kappa shape index (κ3) is 5.87. The summed E-state index contributed by atoms with van der Waals surface area (Å²) in [6, 6.07) is 11.9. The fourth-order valence-electron chi connectivity index (χ4n) is 2.53. The van der Waals surface area contributed by atoms with Gasteiger partial charge in [0.15, 0.2) is 24.1 Å². The van der Waals surface area contributed by atoms with Crippen LogP contribution in [0, 0.1) is 5.21 Å². The minimum atomic E-state index is -0.492. The van der Waals surface area contributed by atoms with E-state index >= 15 is 0 Å². The highest BCUT2D eigenvalue weighted by molar-refractivity contribution is 5.81. The fraction of sp³-hybridized carbons (Fsp3) is 0.455. The maximum atomic E-state index is 12.4. The van der Waals surface area contributed by atoms with E-state index in [1.807, 2.05) is 74.1 Å². The predicted octanol–water partition coefficient (Wildman–Crippen LogP) is 4.65. The molecule has 0 saturated heterocycles. The van der Waals surface area contributed by atoms with E-state index < -0.39 is 5.54 Å². The quantitative estimate of drug-likeness (QED) is 0.227. The molecule has 1 aromatic heterocycles. The van der Waals surface area contributed by atoms with Crippen LogP contribution in [0.15, 0.2) is 48.8 Å². The van der Waals surface area contributed by atoms with Gasteiger partial charge in [-0.15, -0.1) is 0 Å². The summed E-state index contributed by atoms with van der Waals surface area (Å²) >= 11 is 0. The Labute approximate surface area is 157 Å². The largest absolute Gasteiger partial charge is 0.623 e. The number of hydroxylamine groups is 1. The van der Waals surface area contributed by atoms with Crippen LogP contribution in [0.25, 0.3) is 5.69 Å². The lowest BCUT2D eigenvalue weighted by molar-refractivity contribution is -0.595. The van der Waals surface area contributed by atoms with E-state index in [1.54, 1.807) is 6.21 Å². The molecule has 0 N–H and O–H groups in total. The second kappa shape index (κ2) is 9.37. The molecule has 1 aromatic carbocycles. The molecule has 4 nitrogen and oxygen atoms in total. The number of unbranched alkanes of at least 4 members (excludes halogenated alkanes) is 3. The lowest BCUT2D eigenvalue weighted by Gasteiger charge is -2.19. The first-order valence-electron chi connectivity index (χ1n) is 9.46. The topological polar surface area (TPSA) is 39.2 Å². The second-order valence-electron chi connectivity index (χ2n) is 7.54. The highest BCUT2D eigenvalue weighted by atomic mass is 16.5. The molecule has 26 heavy (non-hydrogen) atoms. The molecule has 2 aromatic rings. The van der Waals surface area contributed by atoms with E-state index in [9.17, 15) is 5.21 Å². The standard InChI is InChI=1S/C22H31N2O2/c1-5-6-7-11-16-26-21-13-12-20(23-14-9-8-10-15-23)17-19(21)18-24(25)22(2,3)4/h8-10,12-15,17-18H,5-7,11,16H2,1-4H3/q+1/b24-18-. The number of aromatic nitrogens is 1. The Morgan fingerprint density at radius 2 is 1.81 bits per heavy atom. The van der Waals surface area contributed by atoms with E-state index in [4.69, 9.17) is 4.74 Å². The highest BCUT2D eigenvalue weighted by Crippen LogP contribution is 2.20. The number of hydrogen-bond acceptors (Lipinski definition) is 2. The predicted molar refractivity (Wildman–Crippen MR) is 106 cm³/mol. The van der Waals surface area contributed by atoms with Gasteiger partial charge in [0, 0.05) is 45.0 Å². The average molecular weight is 356 g/mol. The third-order valence-electron chi connectivity index (χ3n) is 4.18. The monoisotopic (exact) mass is 355 g/mol. The summed E-state index contributed by atoms with van der Waals surface area (Å²) in [5.74, 6) is 0.756. The van der Waals surface area contributed by atoms with E-state index in [-0.39, 0.29) is 0 Å². The summed E-state index contributed by atoms with van der Waals surface area (Å²) in [5, 5.41) is 12.4. The van der Waals surface area contributed by atoms with Gasteiger partial charge in [-0.25, -0.2) is 4.74 Å². The number of pyridine rings is 1. The van der Waals surface area contributed by atoms with Crippen molar-refractivity contribution in [3.05, 3.63) is 59.6 Å². The summed E-state index contributed by atoms with van der Waals surface area (Å²) in [6.07, 6.45) is 10.2. The molecule has 0 bridgehead atoms. The highest BCUT2D eigenvalue weighted by Gasteiger charge is 2.20. The van der Waals surface area contributed by atoms with Gasteiger partial charge in [-0.3, -0.25) is 0 Å². The molecule has 0 amide bonds. The van der Waals surface area contributed by atoms with Crippen LogP contribution in [-0.4, -0.2) is 23.1 Å². The van der Waals surface area contributed by atoms with Crippen LogP contribution in [-0.2, 0) is 0 Å². The smallest absolute Gasteiger partial charge is 0.211 e. The first-order valence-corrected chi connectivity index (χ1v) is 9.46. The Kier molecular flexibility index (Phi) is 7.19. The van der Waals surface area contributed by atoms with Gasteiger partial charge in [-0.05, 0) is 12.5 Å². The summed E-state index contributed by atoms with van der Waals surface area (Å²) in [4.78, 5) is 0. The molecule has 4 heteroatoms. The zero-order valence-electron chi connectivity index (χ0n) is 16.4. The molecule has 0 saturated carbocycles. The van der Waals surface area contributed by atoms with Gasteiger partial charge in [0.2, 0.25) is 5.69 Å². The summed E-state index contributed by atoms with van der Waals surface area (Å²) < 4.78 is 9.00. The number of ether oxygens (including phenoxy) is 1. The molecule has 2 rings (SSSR count). The summed E-state index contributed by atoms with van der Waals surface area (Å²) in [5.41, 5.74) is 1.31. The van der Waals surface area contributed by atoms with Gasteiger partial charge in [-0.2, -0.15) is 4.57 Å². The molecular formula is C22H31N2O2+. The molecule has 140 valence electrons. The maximum Gasteiger partial charge on any atom is 0.211 e. The number of benzene rings is 1. The van der Waals surface area contributed by atoms with Crippen molar-refractivity contribution in [2.75, 3.05) is 6.61 Å². The van der Waals surface area contributed by atoms with Gasteiger partial charge >= 0.3 is 0 Å². The van der Waals surface area contributed by atoms with Gasteiger partial charge in [0.25, 0.3) is 0 Å². The van der Waals surface area contributed by atoms with Crippen molar-refractivity contribution in [1.82, 2.24) is 0 Å². The van der Waals surface area contributed by atoms with Crippen LogP contribution < -0.4 is 9.30 Å². The first kappa shape index (κ1) is 20.0. The average Bonchev–Trinajstić information content (AvgIpc) is 2.62. The molecule has 0 radical (unpaired) electrons. The van der Waals surface area contributed by atoms with E-state index in [0.717, 1.165) is 28.2 Å². The Morgan fingerprint density at radius 1 is 1.08 bits per heavy atom. The van der Waals surface area contributed by atoms with Crippen molar-refractivity contribution < 1.29 is 14.0 Å². The zero-order valence-corrected chi connectivity index (χ0v) is 16.4. The van der Waals surface area contributed by atoms with Gasteiger partial charge in [0.1, 0.15) is 5.75 Å². The van der Waals surface area contributed by atoms with Gasteiger partial charge < -0.3 is 9.94 Å². The van der Waals surface area contributed by atoms with Crippen molar-refractivity contribution >= 4 is 6.21 Å². The SMILES string of the molecule is CCCCCCOc1ccc(-[n+]2ccccc2)cc1/C=[N+](\[O-])C(C)(C)C. The van der Waals surface area contributed by atoms with E-state index in [2.05, 4.69) is 6.92 Å². The van der Waals surface area contributed by atoms with Crippen LogP contribution in [0.3, 0.4) is 0 Å². The van der Waals surface area contributed by atoms with Crippen molar-refractivity contribution in [3.63, 3.8) is 0 Å². The van der Waals surface area contributed by atoms with Crippen molar-refractivity contribution in [1.29, 1.82) is 0 Å². The first-order chi connectivity index (χ1) is 12.4. The molecule has 0 aliphatic rings. The Hall–Kier alpha value is -2.36. The van der Waals surface area contributed by atoms with Crippen LogP contribution >= 0.6 is 0 Å². The third-order valence-corrected chi connectivity index (χ3v) is 4.18.